The van der Waals surface area contributed by atoms with Crippen LogP contribution in [0.3, 0.4) is 0 Å². The maximum absolute atomic E-state index is 5.23. The van der Waals surface area contributed by atoms with Gasteiger partial charge in [-0.15, -0.1) is 0 Å². The number of hydrogen-bond donors (Lipinski definition) is 1. The van der Waals surface area contributed by atoms with Crippen molar-refractivity contribution in [3.8, 4) is 0 Å². The molecule has 0 aromatic rings. The van der Waals surface area contributed by atoms with Gasteiger partial charge in [-0.25, -0.2) is 0 Å². The van der Waals surface area contributed by atoms with Gasteiger partial charge in [0.05, 0.1) is 6.10 Å². The van der Waals surface area contributed by atoms with E-state index in [2.05, 4.69) is 39.9 Å². The quantitative estimate of drug-likeness (QED) is 0.688. The highest BCUT2D eigenvalue weighted by molar-refractivity contribution is 4.81. The van der Waals surface area contributed by atoms with Crippen LogP contribution in [0.2, 0.25) is 0 Å². The minimum absolute atomic E-state index is 0.170. The van der Waals surface area contributed by atoms with E-state index in [4.69, 9.17) is 4.74 Å². The monoisotopic (exact) mass is 173 g/mol. The largest absolute Gasteiger partial charge is 0.382 e. The molecule has 2 nitrogen and oxygen atoms in total. The van der Waals surface area contributed by atoms with E-state index in [1.165, 1.54) is 0 Å². The molecule has 0 radical (unpaired) electrons. The van der Waals surface area contributed by atoms with Gasteiger partial charge in [0.15, 0.2) is 0 Å². The molecule has 0 heterocycles. The van der Waals surface area contributed by atoms with Crippen molar-refractivity contribution in [2.24, 2.45) is 0 Å². The molecule has 0 spiro atoms. The Hall–Kier alpha value is -0.0800. The maximum atomic E-state index is 5.23. The van der Waals surface area contributed by atoms with E-state index in [1.807, 2.05) is 0 Å². The Morgan fingerprint density at radius 2 is 1.75 bits per heavy atom. The van der Waals surface area contributed by atoms with Crippen LogP contribution < -0.4 is 5.32 Å². The summed E-state index contributed by atoms with van der Waals surface area (Å²) in [7, 11) is 1.76. The highest BCUT2D eigenvalue weighted by Gasteiger charge is 2.20. The molecule has 0 bridgehead atoms. The lowest BCUT2D eigenvalue weighted by Crippen LogP contribution is -2.45. The normalized spacial score (nSPS) is 15.2. The average Bonchev–Trinajstić information content (AvgIpc) is 1.83. The molecule has 12 heavy (non-hydrogen) atoms. The van der Waals surface area contributed by atoms with Crippen LogP contribution in [-0.2, 0) is 4.74 Å². The van der Waals surface area contributed by atoms with E-state index in [1.54, 1.807) is 7.11 Å². The van der Waals surface area contributed by atoms with E-state index < -0.39 is 0 Å². The van der Waals surface area contributed by atoms with Crippen LogP contribution in [-0.4, -0.2) is 24.8 Å². The van der Waals surface area contributed by atoms with Crippen molar-refractivity contribution in [2.45, 2.75) is 58.7 Å². The Morgan fingerprint density at radius 1 is 1.25 bits per heavy atom. The van der Waals surface area contributed by atoms with Gasteiger partial charge >= 0.3 is 0 Å². The highest BCUT2D eigenvalue weighted by Crippen LogP contribution is 2.13. The number of methoxy groups -OCH3 is 1. The molecular formula is C10H23NO. The fourth-order valence-corrected chi connectivity index (χ4v) is 1.64. The second-order valence-corrected chi connectivity index (χ2v) is 4.43. The van der Waals surface area contributed by atoms with Crippen molar-refractivity contribution in [3.05, 3.63) is 0 Å². The van der Waals surface area contributed by atoms with Crippen LogP contribution in [0.15, 0.2) is 0 Å². The summed E-state index contributed by atoms with van der Waals surface area (Å²) in [6.07, 6.45) is 1.37. The van der Waals surface area contributed by atoms with Crippen LogP contribution >= 0.6 is 0 Å². The Morgan fingerprint density at radius 3 is 2.08 bits per heavy atom. The molecule has 0 saturated carbocycles. The second kappa shape index (κ2) is 4.83. The lowest BCUT2D eigenvalue weighted by atomic mass is 9.96. The minimum Gasteiger partial charge on any atom is -0.382 e. The number of nitrogens with one attached hydrogen (secondary N) is 1. The predicted octanol–water partition coefficient (Wildman–Crippen LogP) is 2.19. The standard InChI is InChI=1S/C10H23NO/c1-8(2)11-10(4,5)7-9(3)12-6/h8-9,11H,7H2,1-6H3. The van der Waals surface area contributed by atoms with Gasteiger partial charge in [0.2, 0.25) is 0 Å². The van der Waals surface area contributed by atoms with Gasteiger partial charge in [0, 0.05) is 18.7 Å². The van der Waals surface area contributed by atoms with Crippen LogP contribution in [0.1, 0.15) is 41.0 Å². The summed E-state index contributed by atoms with van der Waals surface area (Å²) in [5, 5.41) is 3.50. The van der Waals surface area contributed by atoms with Crippen LogP contribution in [0.5, 0.6) is 0 Å². The van der Waals surface area contributed by atoms with E-state index in [0.717, 1.165) is 6.42 Å². The zero-order valence-corrected chi connectivity index (χ0v) is 9.27. The molecule has 2 heteroatoms. The van der Waals surface area contributed by atoms with Crippen molar-refractivity contribution >= 4 is 0 Å². The molecule has 0 amide bonds. The van der Waals surface area contributed by atoms with Crippen LogP contribution in [0.25, 0.3) is 0 Å². The van der Waals surface area contributed by atoms with Gasteiger partial charge in [-0.2, -0.15) is 0 Å². The topological polar surface area (TPSA) is 21.3 Å². The zero-order chi connectivity index (χ0) is 9.78. The zero-order valence-electron chi connectivity index (χ0n) is 9.27. The second-order valence-electron chi connectivity index (χ2n) is 4.43. The third-order valence-electron chi connectivity index (χ3n) is 1.88. The van der Waals surface area contributed by atoms with Crippen molar-refractivity contribution in [1.82, 2.24) is 5.32 Å². The fourth-order valence-electron chi connectivity index (χ4n) is 1.64. The molecule has 1 unspecified atom stereocenters. The number of hydrogen-bond acceptors (Lipinski definition) is 2. The molecule has 0 aliphatic heterocycles. The van der Waals surface area contributed by atoms with Gasteiger partial charge < -0.3 is 10.1 Å². The van der Waals surface area contributed by atoms with E-state index in [-0.39, 0.29) is 5.54 Å². The predicted molar refractivity (Wildman–Crippen MR) is 53.4 cm³/mol. The highest BCUT2D eigenvalue weighted by atomic mass is 16.5. The van der Waals surface area contributed by atoms with Crippen LogP contribution in [0.4, 0.5) is 0 Å². The molecule has 0 aliphatic rings. The first-order chi connectivity index (χ1) is 5.37. The lowest BCUT2D eigenvalue weighted by Gasteiger charge is -2.31. The summed E-state index contributed by atoms with van der Waals surface area (Å²) in [5.74, 6) is 0. The molecule has 1 atom stereocenters. The Kier molecular flexibility index (Phi) is 4.80. The Bertz CT molecular complexity index is 121. The Balaban J connectivity index is 3.85. The van der Waals surface area contributed by atoms with Gasteiger partial charge in [-0.3, -0.25) is 0 Å². The molecule has 0 saturated heterocycles. The lowest BCUT2D eigenvalue weighted by molar-refractivity contribution is 0.0847. The molecule has 0 rings (SSSR count). The summed E-state index contributed by atoms with van der Waals surface area (Å²) in [5.41, 5.74) is 0.170. The van der Waals surface area contributed by atoms with Gasteiger partial charge in [0.1, 0.15) is 0 Å². The fraction of sp³-hybridized carbons (Fsp3) is 1.00. The summed E-state index contributed by atoms with van der Waals surface area (Å²) >= 11 is 0. The SMILES string of the molecule is COC(C)CC(C)(C)NC(C)C. The number of ether oxygens (including phenoxy) is 1. The molecule has 0 fully saturated rings. The van der Waals surface area contributed by atoms with Gasteiger partial charge in [-0.05, 0) is 27.2 Å². The van der Waals surface area contributed by atoms with Crippen molar-refractivity contribution in [2.75, 3.05) is 7.11 Å². The van der Waals surface area contributed by atoms with E-state index in [0.29, 0.717) is 12.1 Å². The summed E-state index contributed by atoms with van der Waals surface area (Å²) in [4.78, 5) is 0. The van der Waals surface area contributed by atoms with Crippen molar-refractivity contribution < 1.29 is 4.74 Å². The molecule has 0 aliphatic carbocycles. The third kappa shape index (κ3) is 5.56. The van der Waals surface area contributed by atoms with Crippen LogP contribution in [0, 0.1) is 0 Å². The molecule has 0 aromatic heterocycles. The molecular weight excluding hydrogens is 150 g/mol. The van der Waals surface area contributed by atoms with Crippen molar-refractivity contribution in [3.63, 3.8) is 0 Å². The maximum Gasteiger partial charge on any atom is 0.0560 e. The van der Waals surface area contributed by atoms with Gasteiger partial charge in [0.25, 0.3) is 0 Å². The average molecular weight is 173 g/mol. The third-order valence-corrected chi connectivity index (χ3v) is 1.88. The summed E-state index contributed by atoms with van der Waals surface area (Å²) < 4.78 is 5.23. The minimum atomic E-state index is 0.170. The Labute approximate surface area is 76.7 Å². The first-order valence-corrected chi connectivity index (χ1v) is 4.68. The van der Waals surface area contributed by atoms with Gasteiger partial charge in [-0.1, -0.05) is 13.8 Å². The molecule has 74 valence electrons. The molecule has 1 N–H and O–H groups in total. The van der Waals surface area contributed by atoms with E-state index in [9.17, 15) is 0 Å². The van der Waals surface area contributed by atoms with Crippen molar-refractivity contribution in [1.29, 1.82) is 0 Å². The first kappa shape index (κ1) is 11.9. The number of rotatable bonds is 5. The summed E-state index contributed by atoms with van der Waals surface area (Å²) in [6, 6.07) is 0.532. The summed E-state index contributed by atoms with van der Waals surface area (Å²) in [6.45, 7) is 10.9. The smallest absolute Gasteiger partial charge is 0.0560 e. The first-order valence-electron chi connectivity index (χ1n) is 4.68. The van der Waals surface area contributed by atoms with E-state index >= 15 is 0 Å². The molecule has 0 aromatic carbocycles.